The Kier molecular flexibility index (Phi) is 3.06. The number of carbonyl (C=O) groups excluding carboxylic acids is 1. The largest absolute Gasteiger partial charge is 0.337 e. The standard InChI is InChI=1S/C11H13N3O3/c12-8-5-6-13(7-8)11(15)9-3-1-2-4-10(9)14(16)17/h1-4,8H,5-7,12H2. The fraction of sp³-hybridized carbons (Fsp3) is 0.364. The van der Waals surface area contributed by atoms with Gasteiger partial charge in [0.05, 0.1) is 4.92 Å². The number of nitrogens with zero attached hydrogens (tertiary/aromatic N) is 2. The van der Waals surface area contributed by atoms with Crippen molar-refractivity contribution in [2.45, 2.75) is 12.5 Å². The summed E-state index contributed by atoms with van der Waals surface area (Å²) < 4.78 is 0. The van der Waals surface area contributed by atoms with Crippen LogP contribution in [0.3, 0.4) is 0 Å². The predicted octanol–water partition coefficient (Wildman–Crippen LogP) is 0.768. The smallest absolute Gasteiger partial charge is 0.282 e. The van der Waals surface area contributed by atoms with E-state index in [0.717, 1.165) is 6.42 Å². The molecule has 1 heterocycles. The Morgan fingerprint density at radius 2 is 2.18 bits per heavy atom. The SMILES string of the molecule is NC1CCN(C(=O)c2ccccc2[N+](=O)[O-])C1. The molecule has 1 aliphatic heterocycles. The van der Waals surface area contributed by atoms with E-state index in [2.05, 4.69) is 0 Å². The van der Waals surface area contributed by atoms with Crippen LogP contribution in [0.2, 0.25) is 0 Å². The second kappa shape index (κ2) is 4.50. The minimum Gasteiger partial charge on any atom is -0.337 e. The minimum absolute atomic E-state index is 0.0262. The molecule has 1 aliphatic rings. The first-order chi connectivity index (χ1) is 8.09. The molecule has 6 heteroatoms. The molecular formula is C11H13N3O3. The van der Waals surface area contributed by atoms with Crippen molar-refractivity contribution in [1.82, 2.24) is 4.90 Å². The van der Waals surface area contributed by atoms with Gasteiger partial charge in [-0.25, -0.2) is 0 Å². The summed E-state index contributed by atoms with van der Waals surface area (Å²) in [6.07, 6.45) is 0.742. The van der Waals surface area contributed by atoms with Gasteiger partial charge in [0, 0.05) is 25.2 Å². The van der Waals surface area contributed by atoms with Crippen LogP contribution in [0.4, 0.5) is 5.69 Å². The third-order valence-corrected chi connectivity index (χ3v) is 2.84. The lowest BCUT2D eigenvalue weighted by Gasteiger charge is -2.15. The quantitative estimate of drug-likeness (QED) is 0.605. The van der Waals surface area contributed by atoms with Gasteiger partial charge in [-0.3, -0.25) is 14.9 Å². The summed E-state index contributed by atoms with van der Waals surface area (Å²) in [7, 11) is 0. The molecule has 2 rings (SSSR count). The molecular weight excluding hydrogens is 222 g/mol. The average Bonchev–Trinajstić information content (AvgIpc) is 2.75. The van der Waals surface area contributed by atoms with E-state index in [4.69, 9.17) is 5.73 Å². The molecule has 2 N–H and O–H groups in total. The van der Waals surface area contributed by atoms with Crippen molar-refractivity contribution < 1.29 is 9.72 Å². The number of nitrogens with two attached hydrogens (primary N) is 1. The molecule has 1 unspecified atom stereocenters. The molecule has 1 aromatic carbocycles. The van der Waals surface area contributed by atoms with Gasteiger partial charge < -0.3 is 10.6 Å². The van der Waals surface area contributed by atoms with Crippen LogP contribution in [0.15, 0.2) is 24.3 Å². The molecule has 90 valence electrons. The normalized spacial score (nSPS) is 19.4. The summed E-state index contributed by atoms with van der Waals surface area (Å²) in [5.74, 6) is -0.315. The number of para-hydroxylation sites is 1. The number of rotatable bonds is 2. The predicted molar refractivity (Wildman–Crippen MR) is 61.6 cm³/mol. The second-order valence-corrected chi connectivity index (χ2v) is 4.07. The van der Waals surface area contributed by atoms with E-state index in [0.29, 0.717) is 13.1 Å². The van der Waals surface area contributed by atoms with E-state index in [1.54, 1.807) is 17.0 Å². The van der Waals surface area contributed by atoms with Crippen molar-refractivity contribution in [2.24, 2.45) is 5.73 Å². The van der Waals surface area contributed by atoms with E-state index in [1.165, 1.54) is 12.1 Å². The minimum atomic E-state index is -0.538. The first-order valence-electron chi connectivity index (χ1n) is 5.38. The summed E-state index contributed by atoms with van der Waals surface area (Å²) in [6, 6.07) is 5.95. The monoisotopic (exact) mass is 235 g/mol. The third-order valence-electron chi connectivity index (χ3n) is 2.84. The molecule has 0 aromatic heterocycles. The van der Waals surface area contributed by atoms with Gasteiger partial charge in [-0.15, -0.1) is 0 Å². The van der Waals surface area contributed by atoms with E-state index >= 15 is 0 Å². The number of hydrogen-bond acceptors (Lipinski definition) is 4. The zero-order valence-electron chi connectivity index (χ0n) is 9.20. The Balaban J connectivity index is 2.28. The summed E-state index contributed by atoms with van der Waals surface area (Å²) in [4.78, 5) is 23.9. The van der Waals surface area contributed by atoms with Gasteiger partial charge in [0.25, 0.3) is 11.6 Å². The van der Waals surface area contributed by atoms with Crippen LogP contribution in [0.25, 0.3) is 0 Å². The van der Waals surface area contributed by atoms with E-state index in [9.17, 15) is 14.9 Å². The third kappa shape index (κ3) is 2.26. The Hall–Kier alpha value is -1.95. The average molecular weight is 235 g/mol. The summed E-state index contributed by atoms with van der Waals surface area (Å²) in [6.45, 7) is 1.02. The van der Waals surface area contributed by atoms with Crippen molar-refractivity contribution in [3.05, 3.63) is 39.9 Å². The highest BCUT2D eigenvalue weighted by atomic mass is 16.6. The molecule has 0 saturated carbocycles. The van der Waals surface area contributed by atoms with Crippen molar-refractivity contribution in [1.29, 1.82) is 0 Å². The van der Waals surface area contributed by atoms with Gasteiger partial charge in [0.15, 0.2) is 0 Å². The van der Waals surface area contributed by atoms with Gasteiger partial charge in [-0.05, 0) is 12.5 Å². The number of hydrogen-bond donors (Lipinski definition) is 1. The van der Waals surface area contributed by atoms with Crippen LogP contribution in [-0.4, -0.2) is 34.9 Å². The molecule has 1 aromatic rings. The van der Waals surface area contributed by atoms with Crippen LogP contribution in [0.5, 0.6) is 0 Å². The Bertz CT molecular complexity index is 461. The zero-order valence-corrected chi connectivity index (χ0v) is 9.20. The number of amides is 1. The fourth-order valence-corrected chi connectivity index (χ4v) is 1.96. The van der Waals surface area contributed by atoms with Gasteiger partial charge in [0.2, 0.25) is 0 Å². The highest BCUT2D eigenvalue weighted by Gasteiger charge is 2.28. The number of benzene rings is 1. The molecule has 1 saturated heterocycles. The number of nitro groups is 1. The lowest BCUT2D eigenvalue weighted by Crippen LogP contribution is -2.32. The molecule has 0 spiro atoms. The van der Waals surface area contributed by atoms with Crippen molar-refractivity contribution >= 4 is 11.6 Å². The van der Waals surface area contributed by atoms with E-state index < -0.39 is 4.92 Å². The second-order valence-electron chi connectivity index (χ2n) is 4.07. The van der Waals surface area contributed by atoms with E-state index in [-0.39, 0.29) is 23.2 Å². The van der Waals surface area contributed by atoms with Crippen LogP contribution in [-0.2, 0) is 0 Å². The molecule has 0 aliphatic carbocycles. The van der Waals surface area contributed by atoms with Gasteiger partial charge in [-0.1, -0.05) is 12.1 Å². The number of carbonyl (C=O) groups is 1. The van der Waals surface area contributed by atoms with Gasteiger partial charge in [0.1, 0.15) is 5.56 Å². The van der Waals surface area contributed by atoms with Crippen molar-refractivity contribution in [3.8, 4) is 0 Å². The molecule has 6 nitrogen and oxygen atoms in total. The number of nitro benzene ring substituents is 1. The van der Waals surface area contributed by atoms with Gasteiger partial charge in [-0.2, -0.15) is 0 Å². The lowest BCUT2D eigenvalue weighted by molar-refractivity contribution is -0.385. The van der Waals surface area contributed by atoms with Crippen LogP contribution in [0.1, 0.15) is 16.8 Å². The topological polar surface area (TPSA) is 89.5 Å². The maximum Gasteiger partial charge on any atom is 0.282 e. The maximum atomic E-state index is 12.1. The van der Waals surface area contributed by atoms with Crippen LogP contribution < -0.4 is 5.73 Å². The summed E-state index contributed by atoms with van der Waals surface area (Å²) in [5, 5.41) is 10.8. The number of likely N-dealkylation sites (tertiary alicyclic amines) is 1. The summed E-state index contributed by atoms with van der Waals surface area (Å²) >= 11 is 0. The summed E-state index contributed by atoms with van der Waals surface area (Å²) in [5.41, 5.74) is 5.69. The highest BCUT2D eigenvalue weighted by Crippen LogP contribution is 2.21. The molecule has 1 fully saturated rings. The Morgan fingerprint density at radius 1 is 1.47 bits per heavy atom. The first-order valence-corrected chi connectivity index (χ1v) is 5.38. The van der Waals surface area contributed by atoms with Crippen molar-refractivity contribution in [3.63, 3.8) is 0 Å². The van der Waals surface area contributed by atoms with Crippen LogP contribution in [0, 0.1) is 10.1 Å². The van der Waals surface area contributed by atoms with E-state index in [1.807, 2.05) is 0 Å². The molecule has 0 radical (unpaired) electrons. The van der Waals surface area contributed by atoms with Gasteiger partial charge >= 0.3 is 0 Å². The zero-order chi connectivity index (χ0) is 12.4. The molecule has 1 atom stereocenters. The Labute approximate surface area is 98.2 Å². The fourth-order valence-electron chi connectivity index (χ4n) is 1.96. The first kappa shape index (κ1) is 11.5. The maximum absolute atomic E-state index is 12.1. The Morgan fingerprint density at radius 3 is 2.76 bits per heavy atom. The molecule has 17 heavy (non-hydrogen) atoms. The molecule has 1 amide bonds. The van der Waals surface area contributed by atoms with Crippen LogP contribution >= 0.6 is 0 Å². The lowest BCUT2D eigenvalue weighted by atomic mass is 10.1. The van der Waals surface area contributed by atoms with Crippen molar-refractivity contribution in [2.75, 3.05) is 13.1 Å². The highest BCUT2D eigenvalue weighted by molar-refractivity contribution is 5.98. The molecule has 0 bridgehead atoms.